The molecule has 0 unspecified atom stereocenters. The molecule has 5 heteroatoms. The molecule has 0 fully saturated rings. The summed E-state index contributed by atoms with van der Waals surface area (Å²) in [6, 6.07) is -1.29. The topological polar surface area (TPSA) is 101 Å². The molecule has 0 saturated heterocycles. The molecule has 0 spiro atoms. The highest BCUT2D eigenvalue weighted by molar-refractivity contribution is 5.80. The molecule has 9 heavy (non-hydrogen) atoms. The second-order valence-electron chi connectivity index (χ2n) is 1.54. The number of hydrogen-bond donors (Lipinski definition) is 3. The van der Waals surface area contributed by atoms with Crippen molar-refractivity contribution in [2.75, 3.05) is 0 Å². The molecule has 0 aromatic carbocycles. The molecule has 0 heterocycles. The average Bonchev–Trinajstić information content (AvgIpc) is 1.63. The fourth-order valence-electron chi connectivity index (χ4n) is 0.275. The van der Waals surface area contributed by atoms with E-state index in [2.05, 4.69) is 0 Å². The Morgan fingerprint density at radius 1 is 1.44 bits per heavy atom. The monoisotopic (exact) mass is 136 g/mol. The third-order valence-electron chi connectivity index (χ3n) is 0.712. The molecule has 0 aliphatic heterocycles. The Bertz CT molecular complexity index is 133. The van der Waals surface area contributed by atoms with Gasteiger partial charge in [-0.05, 0) is 0 Å². The lowest BCUT2D eigenvalue weighted by molar-refractivity contribution is -0.144. The van der Waals surface area contributed by atoms with E-state index in [1.54, 1.807) is 0 Å². The van der Waals surface area contributed by atoms with E-state index in [0.717, 1.165) is 0 Å². The minimum atomic E-state index is -1.29. The van der Waals surface area contributed by atoms with Crippen LogP contribution in [0.5, 0.6) is 0 Å². The summed E-state index contributed by atoms with van der Waals surface area (Å²) in [5, 5.41) is 16.0. The van der Waals surface area contributed by atoms with Crippen LogP contribution in [0.3, 0.4) is 0 Å². The molecule has 5 nitrogen and oxygen atoms in total. The Balaban J connectivity index is 3.63. The number of aliphatic carboxylic acids is 2. The van der Waals surface area contributed by atoms with Crippen LogP contribution in [0.1, 0.15) is 6.42 Å². The quantitative estimate of drug-likeness (QED) is 0.426. The molecule has 0 amide bonds. The van der Waals surface area contributed by atoms with Crippen LogP contribution in [0.4, 0.5) is 0 Å². The first kappa shape index (κ1) is 7.90. The first-order valence-electron chi connectivity index (χ1n) is 2.24. The van der Waals surface area contributed by atoms with Crippen molar-refractivity contribution >= 4 is 11.9 Å². The molecule has 0 radical (unpaired) electrons. The van der Waals surface area contributed by atoms with Crippen molar-refractivity contribution in [2.45, 2.75) is 12.5 Å². The highest BCUT2D eigenvalue weighted by atomic mass is 16.5. The van der Waals surface area contributed by atoms with E-state index < -0.39 is 24.4 Å². The van der Waals surface area contributed by atoms with Crippen molar-refractivity contribution in [1.82, 2.24) is 0 Å². The lowest BCUT2D eigenvalue weighted by atomic mass is 10.9. The fourth-order valence-corrected chi connectivity index (χ4v) is 0.275. The number of carboxylic acid groups (broad SMARTS) is 2. The average molecular weight is 136 g/mol. The summed E-state index contributed by atoms with van der Waals surface area (Å²) >= 11 is 0. The fraction of sp³-hybridized carbons (Fsp3) is 0.500. The molecule has 0 aliphatic rings. The summed E-state index contributed by atoms with van der Waals surface area (Å²) in [5.41, 5.74) is 4.84. The van der Waals surface area contributed by atoms with Gasteiger partial charge in [0.15, 0.2) is 0 Å². The second kappa shape index (κ2) is 3.03. The number of hydrogen-bond acceptors (Lipinski definition) is 3. The molecule has 0 aromatic heterocycles. The molecular weight excluding hydrogens is 129 g/mol. The van der Waals surface area contributed by atoms with Crippen molar-refractivity contribution in [1.29, 1.82) is 0 Å². The maximum Gasteiger partial charge on any atom is 0.321 e. The smallest absolute Gasteiger partial charge is 0.321 e. The lowest BCUT2D eigenvalue weighted by Crippen LogP contribution is -2.32. The normalized spacial score (nSPS) is 12.6. The van der Waals surface area contributed by atoms with E-state index >= 15 is 0 Å². The first-order valence-corrected chi connectivity index (χ1v) is 2.24. The zero-order valence-corrected chi connectivity index (χ0v) is 4.57. The molecule has 0 aliphatic carbocycles. The van der Waals surface area contributed by atoms with Crippen LogP contribution in [-0.2, 0) is 9.59 Å². The van der Waals surface area contributed by atoms with Crippen LogP contribution in [0.25, 0.3) is 0 Å². The van der Waals surface area contributed by atoms with Crippen molar-refractivity contribution in [3.63, 3.8) is 0 Å². The molecule has 0 saturated carbocycles. The maximum atomic E-state index is 9.85. The van der Waals surface area contributed by atoms with Gasteiger partial charge in [-0.25, -0.2) is 0 Å². The predicted octanol–water partition coefficient (Wildman–Crippen LogP) is -1.13. The molecule has 0 bridgehead atoms. The van der Waals surface area contributed by atoms with E-state index in [1.807, 2.05) is 0 Å². The third-order valence-corrected chi connectivity index (χ3v) is 0.712. The minimum absolute atomic E-state index is 0.532. The highest BCUT2D eigenvalue weighted by Gasteiger charge is 2.14. The summed E-state index contributed by atoms with van der Waals surface area (Å²) in [5.74, 6) is -2.50. The number of carbonyl (C=O) groups is 2. The van der Waals surface area contributed by atoms with Gasteiger partial charge in [-0.2, -0.15) is 0 Å². The van der Waals surface area contributed by atoms with Gasteiger partial charge in [-0.3, -0.25) is 9.59 Å². The van der Waals surface area contributed by atoms with Crippen molar-refractivity contribution in [3.05, 3.63) is 0 Å². The van der Waals surface area contributed by atoms with Crippen molar-refractivity contribution < 1.29 is 19.8 Å². The molecular formula is C4H7NO4. The zero-order chi connectivity index (χ0) is 7.44. The van der Waals surface area contributed by atoms with Gasteiger partial charge < -0.3 is 15.9 Å². The summed E-state index contributed by atoms with van der Waals surface area (Å²) < 4.78 is 0. The Morgan fingerprint density at radius 2 is 1.89 bits per heavy atom. The summed E-state index contributed by atoms with van der Waals surface area (Å²) in [6.07, 6.45) is -0.532. The Labute approximate surface area is 51.1 Å². The largest absolute Gasteiger partial charge is 0.481 e. The van der Waals surface area contributed by atoms with E-state index in [0.29, 0.717) is 0 Å². The molecule has 52 valence electrons. The highest BCUT2D eigenvalue weighted by Crippen LogP contribution is 1.86. The van der Waals surface area contributed by atoms with E-state index in [-0.39, 0.29) is 0 Å². The lowest BCUT2D eigenvalue weighted by Gasteiger charge is -1.99. The van der Waals surface area contributed by atoms with Gasteiger partial charge in [-0.15, -0.1) is 0 Å². The van der Waals surface area contributed by atoms with Gasteiger partial charge in [0.05, 0.1) is 6.42 Å². The van der Waals surface area contributed by atoms with Crippen molar-refractivity contribution in [3.8, 4) is 0 Å². The molecule has 1 atom stereocenters. The van der Waals surface area contributed by atoms with Crippen LogP contribution in [0.2, 0.25) is 0 Å². The molecule has 4 N–H and O–H groups in total. The zero-order valence-electron chi connectivity index (χ0n) is 4.57. The number of rotatable bonds is 3. The maximum absolute atomic E-state index is 9.85. The van der Waals surface area contributed by atoms with E-state index in [1.165, 1.54) is 0 Å². The van der Waals surface area contributed by atoms with Crippen LogP contribution in [0.15, 0.2) is 0 Å². The predicted molar refractivity (Wildman–Crippen MR) is 27.9 cm³/mol. The van der Waals surface area contributed by atoms with Gasteiger partial charge >= 0.3 is 11.9 Å². The van der Waals surface area contributed by atoms with Gasteiger partial charge in [0.25, 0.3) is 0 Å². The molecule has 0 aromatic rings. The van der Waals surface area contributed by atoms with E-state index in [4.69, 9.17) is 15.9 Å². The Morgan fingerprint density at radius 3 is 2.00 bits per heavy atom. The standard InChI is InChI=1S/C4H7NO4/c5-2(4(8)9)1-3(6)7/h2H,1,5H2,(H,6,7)(H,8,9)/t2-/m0/s1/i1+1,2+1,3+1. The summed E-state index contributed by atoms with van der Waals surface area (Å²) in [7, 11) is 0. The summed E-state index contributed by atoms with van der Waals surface area (Å²) in [4.78, 5) is 19.6. The third kappa shape index (κ3) is 3.48. The van der Waals surface area contributed by atoms with Crippen LogP contribution in [0, 0.1) is 0 Å². The molecule has 0 rings (SSSR count). The van der Waals surface area contributed by atoms with Gasteiger partial charge in [-0.1, -0.05) is 0 Å². The van der Waals surface area contributed by atoms with E-state index in [9.17, 15) is 9.59 Å². The minimum Gasteiger partial charge on any atom is -0.481 e. The Kier molecular flexibility index (Phi) is 2.66. The number of nitrogens with two attached hydrogens (primary N) is 1. The summed E-state index contributed by atoms with van der Waals surface area (Å²) in [6.45, 7) is 0. The Hall–Kier alpha value is -1.10. The van der Waals surface area contributed by atoms with Crippen LogP contribution >= 0.6 is 0 Å². The van der Waals surface area contributed by atoms with Crippen LogP contribution < -0.4 is 5.73 Å². The number of carboxylic acids is 2. The van der Waals surface area contributed by atoms with Crippen LogP contribution in [-0.4, -0.2) is 28.2 Å². The van der Waals surface area contributed by atoms with Gasteiger partial charge in [0.1, 0.15) is 6.04 Å². The van der Waals surface area contributed by atoms with Gasteiger partial charge in [0, 0.05) is 0 Å². The van der Waals surface area contributed by atoms with Gasteiger partial charge in [0.2, 0.25) is 0 Å². The second-order valence-corrected chi connectivity index (χ2v) is 1.54. The first-order chi connectivity index (χ1) is 4.04. The van der Waals surface area contributed by atoms with Crippen molar-refractivity contribution in [2.24, 2.45) is 5.73 Å². The SMILES string of the molecule is N[13C@@H]([13CH2][13C](=O)O)C(=O)O.